The van der Waals surface area contributed by atoms with E-state index in [1.54, 1.807) is 19.2 Å². The first-order valence-electron chi connectivity index (χ1n) is 6.05. The summed E-state index contributed by atoms with van der Waals surface area (Å²) in [6.07, 6.45) is 2.37. The first kappa shape index (κ1) is 15.6. The zero-order valence-corrected chi connectivity index (χ0v) is 12.3. The molecule has 2 unspecified atom stereocenters. The topological polar surface area (TPSA) is 47.3 Å². The van der Waals surface area contributed by atoms with Crippen molar-refractivity contribution >= 4 is 15.9 Å². The number of hydrazine groups is 1. The molecule has 3 N–H and O–H groups in total. The highest BCUT2D eigenvalue weighted by molar-refractivity contribution is 9.10. The maximum Gasteiger partial charge on any atom is 0.126 e. The number of hydrogen-bond donors (Lipinski definition) is 2. The molecule has 3 nitrogen and oxygen atoms in total. The third-order valence-corrected chi connectivity index (χ3v) is 3.48. The van der Waals surface area contributed by atoms with Crippen molar-refractivity contribution in [1.29, 1.82) is 0 Å². The van der Waals surface area contributed by atoms with Gasteiger partial charge in [0.1, 0.15) is 5.82 Å². The van der Waals surface area contributed by atoms with Crippen LogP contribution in [0.5, 0.6) is 0 Å². The number of benzene rings is 1. The van der Waals surface area contributed by atoms with E-state index in [1.165, 1.54) is 6.07 Å². The molecular formula is C13H20BrFN2O. The lowest BCUT2D eigenvalue weighted by Crippen LogP contribution is -2.46. The second kappa shape index (κ2) is 7.84. The van der Waals surface area contributed by atoms with Crippen LogP contribution < -0.4 is 11.3 Å². The molecule has 0 saturated heterocycles. The molecule has 0 heterocycles. The number of halogens is 2. The van der Waals surface area contributed by atoms with Crippen LogP contribution in [0.2, 0.25) is 0 Å². The summed E-state index contributed by atoms with van der Waals surface area (Å²) in [6, 6.07) is 4.81. The minimum atomic E-state index is -0.218. The lowest BCUT2D eigenvalue weighted by atomic mass is 9.98. The summed E-state index contributed by atoms with van der Waals surface area (Å²) in [5, 5.41) is 0. The minimum Gasteiger partial charge on any atom is -0.380 e. The summed E-state index contributed by atoms with van der Waals surface area (Å²) in [4.78, 5) is 0. The van der Waals surface area contributed by atoms with Crippen LogP contribution >= 0.6 is 15.9 Å². The Labute approximate surface area is 116 Å². The fraction of sp³-hybridized carbons (Fsp3) is 0.538. The second-order valence-corrected chi connectivity index (χ2v) is 5.19. The van der Waals surface area contributed by atoms with Gasteiger partial charge >= 0.3 is 0 Å². The van der Waals surface area contributed by atoms with E-state index >= 15 is 0 Å². The van der Waals surface area contributed by atoms with Crippen molar-refractivity contribution in [2.45, 2.75) is 38.3 Å². The molecule has 0 fully saturated rings. The van der Waals surface area contributed by atoms with Gasteiger partial charge in [0.15, 0.2) is 0 Å². The predicted octanol–water partition coefficient (Wildman–Crippen LogP) is 2.78. The van der Waals surface area contributed by atoms with Gasteiger partial charge in [-0.05, 0) is 36.6 Å². The number of ether oxygens (including phenoxy) is 1. The van der Waals surface area contributed by atoms with Gasteiger partial charge in [-0.15, -0.1) is 0 Å². The highest BCUT2D eigenvalue weighted by atomic mass is 79.9. The molecule has 5 heteroatoms. The smallest absolute Gasteiger partial charge is 0.126 e. The zero-order chi connectivity index (χ0) is 13.5. The average Bonchev–Trinajstić information content (AvgIpc) is 2.37. The molecule has 0 saturated carbocycles. The Balaban J connectivity index is 2.81. The van der Waals surface area contributed by atoms with Crippen molar-refractivity contribution in [2.24, 2.45) is 5.84 Å². The first-order valence-corrected chi connectivity index (χ1v) is 6.84. The van der Waals surface area contributed by atoms with Gasteiger partial charge in [-0.3, -0.25) is 11.3 Å². The molecule has 0 aliphatic rings. The van der Waals surface area contributed by atoms with Gasteiger partial charge in [0.2, 0.25) is 0 Å². The van der Waals surface area contributed by atoms with Crippen LogP contribution in [-0.2, 0) is 11.2 Å². The second-order valence-electron chi connectivity index (χ2n) is 4.28. The molecule has 0 bridgehead atoms. The number of nitrogens with one attached hydrogen (secondary N) is 1. The highest BCUT2D eigenvalue weighted by Crippen LogP contribution is 2.19. The lowest BCUT2D eigenvalue weighted by Gasteiger charge is -2.25. The fourth-order valence-corrected chi connectivity index (χ4v) is 2.41. The van der Waals surface area contributed by atoms with E-state index in [2.05, 4.69) is 28.3 Å². The van der Waals surface area contributed by atoms with E-state index in [4.69, 9.17) is 10.6 Å². The molecule has 1 aromatic rings. The summed E-state index contributed by atoms with van der Waals surface area (Å²) in [5.41, 5.74) is 3.36. The SMILES string of the molecule is CCCC(OC)C(Cc1cc(Br)ccc1F)NN. The van der Waals surface area contributed by atoms with Crippen LogP contribution in [-0.4, -0.2) is 19.3 Å². The van der Waals surface area contributed by atoms with Crippen LogP contribution in [0.25, 0.3) is 0 Å². The Morgan fingerprint density at radius 1 is 1.50 bits per heavy atom. The highest BCUT2D eigenvalue weighted by Gasteiger charge is 2.21. The van der Waals surface area contributed by atoms with E-state index in [-0.39, 0.29) is 18.0 Å². The van der Waals surface area contributed by atoms with E-state index in [9.17, 15) is 4.39 Å². The fourth-order valence-electron chi connectivity index (χ4n) is 2.00. The van der Waals surface area contributed by atoms with E-state index in [0.717, 1.165) is 17.3 Å². The minimum absolute atomic E-state index is 0.0154. The van der Waals surface area contributed by atoms with E-state index in [0.29, 0.717) is 12.0 Å². The Bertz CT molecular complexity index is 376. The lowest BCUT2D eigenvalue weighted by molar-refractivity contribution is 0.0607. The zero-order valence-electron chi connectivity index (χ0n) is 10.7. The van der Waals surface area contributed by atoms with Gasteiger partial charge < -0.3 is 4.74 Å². The molecule has 102 valence electrons. The third-order valence-electron chi connectivity index (χ3n) is 2.99. The summed E-state index contributed by atoms with van der Waals surface area (Å²) in [6.45, 7) is 2.08. The van der Waals surface area contributed by atoms with Gasteiger partial charge in [0.25, 0.3) is 0 Å². The first-order chi connectivity index (χ1) is 8.62. The van der Waals surface area contributed by atoms with Crippen molar-refractivity contribution in [3.63, 3.8) is 0 Å². The molecule has 2 atom stereocenters. The van der Waals surface area contributed by atoms with E-state index < -0.39 is 0 Å². The van der Waals surface area contributed by atoms with Gasteiger partial charge in [0, 0.05) is 11.6 Å². The molecule has 0 spiro atoms. The van der Waals surface area contributed by atoms with Gasteiger partial charge in [-0.2, -0.15) is 0 Å². The van der Waals surface area contributed by atoms with Crippen LogP contribution in [0.1, 0.15) is 25.3 Å². The van der Waals surface area contributed by atoms with Crippen molar-refractivity contribution in [3.05, 3.63) is 34.1 Å². The normalized spacial score (nSPS) is 14.5. The molecular weight excluding hydrogens is 299 g/mol. The van der Waals surface area contributed by atoms with Gasteiger partial charge in [-0.25, -0.2) is 4.39 Å². The molecule has 0 aliphatic carbocycles. The quantitative estimate of drug-likeness (QED) is 0.600. The number of rotatable bonds is 7. The number of hydrogen-bond acceptors (Lipinski definition) is 3. The van der Waals surface area contributed by atoms with Crippen LogP contribution in [0.15, 0.2) is 22.7 Å². The number of methoxy groups -OCH3 is 1. The predicted molar refractivity (Wildman–Crippen MR) is 74.6 cm³/mol. The van der Waals surface area contributed by atoms with E-state index in [1.807, 2.05) is 0 Å². The maximum atomic E-state index is 13.7. The molecule has 0 aliphatic heterocycles. The molecule has 0 aromatic heterocycles. The monoisotopic (exact) mass is 318 g/mol. The largest absolute Gasteiger partial charge is 0.380 e. The summed E-state index contributed by atoms with van der Waals surface area (Å²) >= 11 is 3.34. The van der Waals surface area contributed by atoms with Crippen LogP contribution in [0.3, 0.4) is 0 Å². The Kier molecular flexibility index (Phi) is 6.78. The Morgan fingerprint density at radius 3 is 2.78 bits per heavy atom. The maximum absolute atomic E-state index is 13.7. The molecule has 0 amide bonds. The summed E-state index contributed by atoms with van der Waals surface area (Å²) in [5.74, 6) is 5.33. The van der Waals surface area contributed by atoms with Crippen LogP contribution in [0.4, 0.5) is 4.39 Å². The molecule has 1 rings (SSSR count). The summed E-state index contributed by atoms with van der Waals surface area (Å²) in [7, 11) is 1.65. The molecule has 0 radical (unpaired) electrons. The molecule has 18 heavy (non-hydrogen) atoms. The Hall–Kier alpha value is -0.490. The van der Waals surface area contributed by atoms with Crippen molar-refractivity contribution in [3.8, 4) is 0 Å². The van der Waals surface area contributed by atoms with Crippen molar-refractivity contribution in [2.75, 3.05) is 7.11 Å². The number of nitrogens with two attached hydrogens (primary N) is 1. The van der Waals surface area contributed by atoms with Gasteiger partial charge in [-0.1, -0.05) is 29.3 Å². The van der Waals surface area contributed by atoms with Crippen molar-refractivity contribution in [1.82, 2.24) is 5.43 Å². The molecule has 1 aromatic carbocycles. The third kappa shape index (κ3) is 4.31. The van der Waals surface area contributed by atoms with Crippen molar-refractivity contribution < 1.29 is 9.13 Å². The summed E-state index contributed by atoms with van der Waals surface area (Å²) < 4.78 is 20.0. The van der Waals surface area contributed by atoms with Gasteiger partial charge in [0.05, 0.1) is 12.1 Å². The standard InChI is InChI=1S/C13H20BrFN2O/c1-3-4-13(18-2)12(17-16)8-9-7-10(14)5-6-11(9)15/h5-7,12-13,17H,3-4,8,16H2,1-2H3. The van der Waals surface area contributed by atoms with Crippen LogP contribution in [0, 0.1) is 5.82 Å². The average molecular weight is 319 g/mol. The Morgan fingerprint density at radius 2 is 2.22 bits per heavy atom.